The van der Waals surface area contributed by atoms with E-state index in [0.29, 0.717) is 0 Å². The van der Waals surface area contributed by atoms with E-state index in [4.69, 9.17) is 0 Å². The first kappa shape index (κ1) is 14.2. The molecule has 0 radical (unpaired) electrons. The minimum absolute atomic E-state index is 0.0506. The Bertz CT molecular complexity index is 534. The van der Waals surface area contributed by atoms with Crippen LogP contribution in [0.2, 0.25) is 0 Å². The SMILES string of the molecule is Fc1ccc(C[Se]c2ccc([B-](F)(F)F)cc2)cc1. The third-order valence-corrected chi connectivity index (χ3v) is 4.85. The van der Waals surface area contributed by atoms with Crippen molar-refractivity contribution in [2.24, 2.45) is 0 Å². The molecule has 0 saturated heterocycles. The van der Waals surface area contributed by atoms with E-state index in [2.05, 4.69) is 0 Å². The summed E-state index contributed by atoms with van der Waals surface area (Å²) < 4.78 is 50.9. The second-order valence-corrected chi connectivity index (χ2v) is 6.26. The van der Waals surface area contributed by atoms with Crippen molar-refractivity contribution in [3.8, 4) is 0 Å². The maximum atomic E-state index is 12.7. The quantitative estimate of drug-likeness (QED) is 0.596. The first-order chi connectivity index (χ1) is 8.95. The molecule has 0 fully saturated rings. The summed E-state index contributed by atoms with van der Waals surface area (Å²) in [6, 6.07) is 11.5. The van der Waals surface area contributed by atoms with Crippen LogP contribution in [0, 0.1) is 5.82 Å². The van der Waals surface area contributed by atoms with Crippen molar-refractivity contribution in [1.82, 2.24) is 0 Å². The molecule has 6 heteroatoms. The molecule has 0 aromatic heterocycles. The summed E-state index contributed by atoms with van der Waals surface area (Å²) in [7, 11) is 0. The summed E-state index contributed by atoms with van der Waals surface area (Å²) in [5.74, 6) is -0.284. The average Bonchev–Trinajstić information content (AvgIpc) is 2.37. The summed E-state index contributed by atoms with van der Waals surface area (Å²) in [6.45, 7) is -4.92. The molecule has 0 atom stereocenters. The number of benzene rings is 2. The number of hydrogen-bond acceptors (Lipinski definition) is 0. The Morgan fingerprint density at radius 1 is 0.842 bits per heavy atom. The van der Waals surface area contributed by atoms with Crippen molar-refractivity contribution < 1.29 is 17.3 Å². The van der Waals surface area contributed by atoms with E-state index in [1.165, 1.54) is 24.3 Å². The van der Waals surface area contributed by atoms with Crippen molar-refractivity contribution in [2.75, 3.05) is 0 Å². The van der Waals surface area contributed by atoms with Gasteiger partial charge in [-0.15, -0.1) is 0 Å². The van der Waals surface area contributed by atoms with E-state index in [9.17, 15) is 17.3 Å². The van der Waals surface area contributed by atoms with E-state index in [0.717, 1.165) is 27.5 Å². The number of halogens is 4. The molecule has 0 amide bonds. The van der Waals surface area contributed by atoms with Crippen LogP contribution < -0.4 is 9.92 Å². The second kappa shape index (κ2) is 5.80. The van der Waals surface area contributed by atoms with Crippen LogP contribution in [0.15, 0.2) is 48.5 Å². The fraction of sp³-hybridized carbons (Fsp3) is 0.0769. The van der Waals surface area contributed by atoms with Gasteiger partial charge >= 0.3 is 114 Å². The van der Waals surface area contributed by atoms with Crippen molar-refractivity contribution in [1.29, 1.82) is 0 Å². The van der Waals surface area contributed by atoms with Gasteiger partial charge in [0.25, 0.3) is 0 Å². The van der Waals surface area contributed by atoms with Gasteiger partial charge in [-0.3, -0.25) is 0 Å². The molecule has 0 spiro atoms. The third kappa shape index (κ3) is 4.11. The molecule has 2 aromatic carbocycles. The van der Waals surface area contributed by atoms with Gasteiger partial charge in [-0.2, -0.15) is 0 Å². The summed E-state index contributed by atoms with van der Waals surface area (Å²) in [6.07, 6.45) is 0. The summed E-state index contributed by atoms with van der Waals surface area (Å²) in [5.41, 5.74) is 0.423. The van der Waals surface area contributed by atoms with Crippen molar-refractivity contribution >= 4 is 31.9 Å². The normalized spacial score (nSPS) is 11.6. The Balaban J connectivity index is 1.98. The van der Waals surface area contributed by atoms with Gasteiger partial charge in [-0.1, -0.05) is 0 Å². The van der Waals surface area contributed by atoms with Gasteiger partial charge in [-0.25, -0.2) is 0 Å². The molecule has 0 unspecified atom stereocenters. The zero-order valence-electron chi connectivity index (χ0n) is 9.82. The molecule has 0 heterocycles. The molecule has 0 bridgehead atoms. The minimum atomic E-state index is -4.92. The molecule has 0 aliphatic carbocycles. The van der Waals surface area contributed by atoms with Crippen molar-refractivity contribution in [3.63, 3.8) is 0 Å². The molecule has 0 aliphatic heterocycles. The Hall–Kier alpha value is -1.26. The molecule has 0 saturated carbocycles. The van der Waals surface area contributed by atoms with Gasteiger partial charge in [0, 0.05) is 0 Å². The second-order valence-electron chi connectivity index (χ2n) is 4.06. The van der Waals surface area contributed by atoms with Gasteiger partial charge < -0.3 is 0 Å². The van der Waals surface area contributed by atoms with Crippen LogP contribution in [0.4, 0.5) is 17.3 Å². The maximum absolute atomic E-state index is 12.7. The van der Waals surface area contributed by atoms with E-state index < -0.39 is 12.4 Å². The van der Waals surface area contributed by atoms with Gasteiger partial charge in [-0.05, 0) is 0 Å². The van der Waals surface area contributed by atoms with Crippen molar-refractivity contribution in [2.45, 2.75) is 5.32 Å². The van der Waals surface area contributed by atoms with Crippen LogP contribution in [0.3, 0.4) is 0 Å². The summed E-state index contributed by atoms with van der Waals surface area (Å²) in [4.78, 5) is 0. The molecule has 2 rings (SSSR count). The molecular weight excluding hydrogens is 322 g/mol. The van der Waals surface area contributed by atoms with Gasteiger partial charge in [0.1, 0.15) is 0 Å². The van der Waals surface area contributed by atoms with Crippen LogP contribution in [0.1, 0.15) is 5.56 Å². The van der Waals surface area contributed by atoms with Crippen LogP contribution >= 0.6 is 0 Å². The first-order valence-electron chi connectivity index (χ1n) is 5.62. The van der Waals surface area contributed by atoms with E-state index in [1.54, 1.807) is 12.1 Å². The predicted octanol–water partition coefficient (Wildman–Crippen LogP) is 2.41. The van der Waals surface area contributed by atoms with E-state index in [-0.39, 0.29) is 20.8 Å². The molecule has 0 nitrogen and oxygen atoms in total. The zero-order chi connectivity index (χ0) is 13.9. The Labute approximate surface area is 115 Å². The van der Waals surface area contributed by atoms with Gasteiger partial charge in [0.15, 0.2) is 0 Å². The summed E-state index contributed by atoms with van der Waals surface area (Å²) >= 11 is 0.0506. The van der Waals surface area contributed by atoms with Gasteiger partial charge in [0.2, 0.25) is 0 Å². The Morgan fingerprint density at radius 3 is 1.95 bits per heavy atom. The molecule has 19 heavy (non-hydrogen) atoms. The monoisotopic (exact) mass is 333 g/mol. The topological polar surface area (TPSA) is 0 Å². The third-order valence-electron chi connectivity index (χ3n) is 2.58. The molecule has 2 aromatic rings. The van der Waals surface area contributed by atoms with Crippen LogP contribution in [0.25, 0.3) is 0 Å². The number of rotatable bonds is 4. The molecule has 100 valence electrons. The standard InChI is InChI=1S/C13H10BF4Se/c15-12-5-1-10(2-6-12)9-19-13-7-3-11(4-8-13)14(16,17)18/h1-8H,9H2/q-1. The molecule has 0 aliphatic rings. The fourth-order valence-electron chi connectivity index (χ4n) is 1.53. The Morgan fingerprint density at radius 2 is 1.42 bits per heavy atom. The zero-order valence-corrected chi connectivity index (χ0v) is 11.5. The summed E-state index contributed by atoms with van der Waals surface area (Å²) in [5, 5.41) is 0.740. The molecular formula is C13H10BF4Se-. The van der Waals surface area contributed by atoms with Crippen LogP contribution in [0.5, 0.6) is 0 Å². The fourth-order valence-corrected chi connectivity index (χ4v) is 3.32. The van der Waals surface area contributed by atoms with E-state index >= 15 is 0 Å². The Kier molecular flexibility index (Phi) is 4.32. The van der Waals surface area contributed by atoms with E-state index in [1.807, 2.05) is 0 Å². The van der Waals surface area contributed by atoms with Crippen molar-refractivity contribution in [3.05, 3.63) is 59.9 Å². The number of hydrogen-bond donors (Lipinski definition) is 0. The molecule has 0 N–H and O–H groups in total. The predicted molar refractivity (Wildman–Crippen MR) is 70.6 cm³/mol. The first-order valence-corrected chi connectivity index (χ1v) is 7.69. The van der Waals surface area contributed by atoms with Gasteiger partial charge in [0.05, 0.1) is 0 Å². The van der Waals surface area contributed by atoms with Crippen LogP contribution in [-0.4, -0.2) is 21.9 Å². The average molecular weight is 332 g/mol. The van der Waals surface area contributed by atoms with Crippen LogP contribution in [-0.2, 0) is 5.32 Å².